The molecule has 0 saturated heterocycles. The molecule has 2 nitrogen and oxygen atoms in total. The number of rotatable bonds is 1. The number of thiophene rings is 2. The first kappa shape index (κ1) is 12.2. The highest BCUT2D eigenvalue weighted by Gasteiger charge is 2.20. The number of ether oxygens (including phenoxy) is 1. The molecule has 0 fully saturated rings. The lowest BCUT2D eigenvalue weighted by atomic mass is 10.3. The quantitative estimate of drug-likeness (QED) is 0.590. The maximum atomic E-state index is 13.8. The van der Waals surface area contributed by atoms with Crippen LogP contribution in [0.25, 0.3) is 10.1 Å². The number of halogens is 1. The number of hydrogen-bond donors (Lipinski definition) is 0. The van der Waals surface area contributed by atoms with Gasteiger partial charge in [-0.2, -0.15) is 11.3 Å². The fourth-order valence-electron chi connectivity index (χ4n) is 1.14. The largest absolute Gasteiger partial charge is 0.367 e. The van der Waals surface area contributed by atoms with Crippen LogP contribution in [0.15, 0.2) is 10.8 Å². The molecule has 0 aliphatic carbocycles. The number of carbonyl (C=O) groups is 1. The lowest BCUT2D eigenvalue weighted by Gasteiger charge is -1.91. The zero-order valence-electron chi connectivity index (χ0n) is 8.74. The van der Waals surface area contributed by atoms with Crippen molar-refractivity contribution in [2.75, 3.05) is 0 Å². The Morgan fingerprint density at radius 2 is 2.17 bits per heavy atom. The number of carbonyl (C=O) groups excluding carboxylic acids is 1. The van der Waals surface area contributed by atoms with E-state index < -0.39 is 11.8 Å². The molecule has 0 bridgehead atoms. The van der Waals surface area contributed by atoms with E-state index in [1.807, 2.05) is 0 Å². The third-order valence-corrected chi connectivity index (χ3v) is 3.85. The van der Waals surface area contributed by atoms with Gasteiger partial charge in [0.1, 0.15) is 6.11 Å². The Labute approximate surface area is 110 Å². The molecule has 0 amide bonds. The Kier molecular flexibility index (Phi) is 3.65. The summed E-state index contributed by atoms with van der Waals surface area (Å²) in [5.74, 6) is 7.37. The van der Waals surface area contributed by atoms with Crippen molar-refractivity contribution in [3.05, 3.63) is 21.5 Å². The maximum Gasteiger partial charge on any atom is 0.365 e. The summed E-state index contributed by atoms with van der Waals surface area (Å²) in [6.45, 7) is 0. The van der Waals surface area contributed by atoms with Crippen molar-refractivity contribution >= 4 is 38.7 Å². The molecule has 86 valence electrons. The van der Waals surface area contributed by atoms with Gasteiger partial charge in [-0.15, -0.1) is 17.8 Å². The molecular formula is C13H3FO2S2. The monoisotopic (exact) mass is 274 g/mol. The number of esters is 1. The SMILES string of the molecule is C#CC#CC#COC(=O)c1sc2cscc2c1F. The molecule has 2 aromatic rings. The molecule has 2 aromatic heterocycles. The van der Waals surface area contributed by atoms with Crippen molar-refractivity contribution in [3.63, 3.8) is 0 Å². The molecule has 0 aliphatic heterocycles. The number of fused-ring (bicyclic) bond motifs is 1. The molecule has 5 heteroatoms. The van der Waals surface area contributed by atoms with Crippen LogP contribution in [0.1, 0.15) is 9.67 Å². The van der Waals surface area contributed by atoms with Crippen LogP contribution in [0, 0.1) is 42.0 Å². The second-order valence-corrected chi connectivity index (χ2v) is 4.70. The molecule has 0 spiro atoms. The van der Waals surface area contributed by atoms with Crippen LogP contribution >= 0.6 is 22.7 Å². The van der Waals surface area contributed by atoms with Gasteiger partial charge in [0, 0.05) is 32.7 Å². The Morgan fingerprint density at radius 3 is 2.89 bits per heavy atom. The van der Waals surface area contributed by atoms with Crippen LogP contribution in [0.2, 0.25) is 0 Å². The second kappa shape index (κ2) is 5.38. The van der Waals surface area contributed by atoms with Crippen LogP contribution < -0.4 is 0 Å². The highest BCUT2D eigenvalue weighted by molar-refractivity contribution is 7.24. The number of terminal acetylenes is 1. The molecule has 2 rings (SSSR count). The number of hydrogen-bond acceptors (Lipinski definition) is 4. The van der Waals surface area contributed by atoms with Gasteiger partial charge < -0.3 is 4.74 Å². The average Bonchev–Trinajstić information content (AvgIpc) is 2.92. The van der Waals surface area contributed by atoms with Gasteiger partial charge in [-0.1, -0.05) is 0 Å². The predicted octanol–water partition coefficient (Wildman–Crippen LogP) is 2.86. The summed E-state index contributed by atoms with van der Waals surface area (Å²) in [7, 11) is 0. The summed E-state index contributed by atoms with van der Waals surface area (Å²) in [6.07, 6.45) is 6.92. The Balaban J connectivity index is 2.18. The minimum absolute atomic E-state index is 0.0907. The standard InChI is InChI=1S/C13H3FO2S2/c1-2-3-4-5-6-16-13(15)12-11(14)9-7-17-8-10(9)18-12/h1,7-8H. The van der Waals surface area contributed by atoms with Gasteiger partial charge >= 0.3 is 5.97 Å². The van der Waals surface area contributed by atoms with E-state index in [-0.39, 0.29) is 4.88 Å². The molecule has 0 unspecified atom stereocenters. The molecule has 0 aromatic carbocycles. The Morgan fingerprint density at radius 1 is 1.33 bits per heavy atom. The van der Waals surface area contributed by atoms with Crippen LogP contribution in [0.5, 0.6) is 0 Å². The average molecular weight is 274 g/mol. The summed E-state index contributed by atoms with van der Waals surface area (Å²) in [6, 6.07) is 0. The van der Waals surface area contributed by atoms with E-state index in [2.05, 4.69) is 34.5 Å². The van der Waals surface area contributed by atoms with E-state index in [0.29, 0.717) is 10.1 Å². The highest BCUT2D eigenvalue weighted by Crippen LogP contribution is 2.32. The van der Waals surface area contributed by atoms with E-state index in [1.54, 1.807) is 10.8 Å². The molecular weight excluding hydrogens is 271 g/mol. The fourth-order valence-corrected chi connectivity index (χ4v) is 3.07. The van der Waals surface area contributed by atoms with E-state index in [4.69, 9.17) is 6.42 Å². The smallest absolute Gasteiger partial charge is 0.365 e. The van der Waals surface area contributed by atoms with Crippen molar-refractivity contribution in [1.29, 1.82) is 0 Å². The van der Waals surface area contributed by atoms with Gasteiger partial charge in [0.15, 0.2) is 10.7 Å². The van der Waals surface area contributed by atoms with Crippen LogP contribution in [0.4, 0.5) is 4.39 Å². The zero-order valence-corrected chi connectivity index (χ0v) is 10.4. The Hall–Kier alpha value is -2.26. The molecule has 0 atom stereocenters. The van der Waals surface area contributed by atoms with Crippen molar-refractivity contribution in [3.8, 4) is 36.2 Å². The minimum atomic E-state index is -0.825. The van der Waals surface area contributed by atoms with Crippen molar-refractivity contribution < 1.29 is 13.9 Å². The van der Waals surface area contributed by atoms with Gasteiger partial charge in [0.05, 0.1) is 0 Å². The van der Waals surface area contributed by atoms with E-state index in [9.17, 15) is 9.18 Å². The topological polar surface area (TPSA) is 26.3 Å². The molecule has 2 heterocycles. The first-order valence-electron chi connectivity index (χ1n) is 4.55. The van der Waals surface area contributed by atoms with E-state index in [1.165, 1.54) is 11.3 Å². The first-order chi connectivity index (χ1) is 8.74. The second-order valence-electron chi connectivity index (χ2n) is 2.91. The van der Waals surface area contributed by atoms with Crippen molar-refractivity contribution in [1.82, 2.24) is 0 Å². The third-order valence-electron chi connectivity index (χ3n) is 1.85. The van der Waals surface area contributed by atoms with Crippen molar-refractivity contribution in [2.45, 2.75) is 0 Å². The van der Waals surface area contributed by atoms with Gasteiger partial charge in [-0.3, -0.25) is 0 Å². The summed E-state index contributed by atoms with van der Waals surface area (Å²) in [4.78, 5) is 11.4. The van der Waals surface area contributed by atoms with E-state index in [0.717, 1.165) is 11.3 Å². The summed E-state index contributed by atoms with van der Waals surface area (Å²) >= 11 is 2.41. The zero-order chi connectivity index (χ0) is 13.0. The normalized spacial score (nSPS) is 8.67. The highest BCUT2D eigenvalue weighted by atomic mass is 32.1. The van der Waals surface area contributed by atoms with Gasteiger partial charge in [-0.25, -0.2) is 9.18 Å². The molecule has 0 N–H and O–H groups in total. The van der Waals surface area contributed by atoms with Gasteiger partial charge in [-0.05, 0) is 11.8 Å². The lowest BCUT2D eigenvalue weighted by molar-refractivity contribution is 0.0692. The summed E-state index contributed by atoms with van der Waals surface area (Å²) < 4.78 is 19.0. The minimum Gasteiger partial charge on any atom is -0.367 e. The maximum absolute atomic E-state index is 13.8. The van der Waals surface area contributed by atoms with Crippen LogP contribution in [-0.2, 0) is 4.74 Å². The van der Waals surface area contributed by atoms with Crippen LogP contribution in [-0.4, -0.2) is 5.97 Å². The summed E-state index contributed by atoms with van der Waals surface area (Å²) in [5.41, 5.74) is 0. The van der Waals surface area contributed by atoms with Gasteiger partial charge in [0.25, 0.3) is 0 Å². The molecule has 0 aliphatic rings. The summed E-state index contributed by atoms with van der Waals surface area (Å²) in [5, 5.41) is 3.84. The molecule has 18 heavy (non-hydrogen) atoms. The van der Waals surface area contributed by atoms with Gasteiger partial charge in [0.2, 0.25) is 0 Å². The third kappa shape index (κ3) is 2.36. The van der Waals surface area contributed by atoms with E-state index >= 15 is 0 Å². The first-order valence-corrected chi connectivity index (χ1v) is 6.31. The van der Waals surface area contributed by atoms with Crippen LogP contribution in [0.3, 0.4) is 0 Å². The van der Waals surface area contributed by atoms with Crippen molar-refractivity contribution in [2.24, 2.45) is 0 Å². The predicted molar refractivity (Wildman–Crippen MR) is 69.5 cm³/mol. The molecule has 0 radical (unpaired) electrons. The lowest BCUT2D eigenvalue weighted by Crippen LogP contribution is -2.00. The Bertz CT molecular complexity index is 769. The fraction of sp³-hybridized carbons (Fsp3) is 0. The molecule has 0 saturated carbocycles.